The van der Waals surface area contributed by atoms with E-state index in [0.29, 0.717) is 12.0 Å². The summed E-state index contributed by atoms with van der Waals surface area (Å²) in [5.74, 6) is 2.29. The van der Waals surface area contributed by atoms with Gasteiger partial charge in [0.05, 0.1) is 7.11 Å². The largest absolute Gasteiger partial charge is 0.497 e. The molecule has 2 nitrogen and oxygen atoms in total. The predicted octanol–water partition coefficient (Wildman–Crippen LogP) is 4.79. The Kier molecular flexibility index (Phi) is 5.37. The van der Waals surface area contributed by atoms with Gasteiger partial charge in [0.15, 0.2) is 0 Å². The SMILES string of the molecule is COc1ccc(Br)c(CC(C)(C)C2CCC(C)CC2N)c1. The van der Waals surface area contributed by atoms with E-state index in [0.717, 1.165) is 29.0 Å². The van der Waals surface area contributed by atoms with Crippen LogP contribution in [-0.4, -0.2) is 13.2 Å². The van der Waals surface area contributed by atoms with E-state index in [-0.39, 0.29) is 5.41 Å². The molecule has 0 radical (unpaired) electrons. The maximum atomic E-state index is 6.47. The Labute approximate surface area is 137 Å². The van der Waals surface area contributed by atoms with Crippen molar-refractivity contribution in [3.8, 4) is 5.75 Å². The first-order valence-corrected chi connectivity index (χ1v) is 8.71. The van der Waals surface area contributed by atoms with E-state index >= 15 is 0 Å². The average molecular weight is 354 g/mol. The molecule has 1 aromatic carbocycles. The van der Waals surface area contributed by atoms with E-state index in [9.17, 15) is 0 Å². The van der Waals surface area contributed by atoms with Gasteiger partial charge in [0.1, 0.15) is 5.75 Å². The Morgan fingerprint density at radius 3 is 2.67 bits per heavy atom. The zero-order valence-corrected chi connectivity index (χ0v) is 15.2. The van der Waals surface area contributed by atoms with Crippen molar-refractivity contribution in [2.24, 2.45) is 23.0 Å². The van der Waals surface area contributed by atoms with E-state index < -0.39 is 0 Å². The fourth-order valence-corrected chi connectivity index (χ4v) is 4.22. The third-order valence-electron chi connectivity index (χ3n) is 5.06. The first-order valence-electron chi connectivity index (χ1n) is 7.91. The van der Waals surface area contributed by atoms with Crippen LogP contribution in [0.3, 0.4) is 0 Å². The van der Waals surface area contributed by atoms with Gasteiger partial charge in [-0.15, -0.1) is 0 Å². The summed E-state index contributed by atoms with van der Waals surface area (Å²) < 4.78 is 6.52. The van der Waals surface area contributed by atoms with Crippen molar-refractivity contribution in [1.82, 2.24) is 0 Å². The van der Waals surface area contributed by atoms with Crippen LogP contribution < -0.4 is 10.5 Å². The summed E-state index contributed by atoms with van der Waals surface area (Å²) >= 11 is 3.67. The molecule has 2 N–H and O–H groups in total. The molecule has 0 aromatic heterocycles. The smallest absolute Gasteiger partial charge is 0.119 e. The van der Waals surface area contributed by atoms with Gasteiger partial charge in [-0.25, -0.2) is 0 Å². The third kappa shape index (κ3) is 4.01. The molecule has 0 saturated heterocycles. The summed E-state index contributed by atoms with van der Waals surface area (Å²) in [4.78, 5) is 0. The zero-order valence-electron chi connectivity index (χ0n) is 13.7. The van der Waals surface area contributed by atoms with Gasteiger partial charge in [-0.2, -0.15) is 0 Å². The monoisotopic (exact) mass is 353 g/mol. The quantitative estimate of drug-likeness (QED) is 0.844. The second kappa shape index (κ2) is 6.70. The number of halogens is 1. The Hall–Kier alpha value is -0.540. The van der Waals surface area contributed by atoms with E-state index in [4.69, 9.17) is 10.5 Å². The van der Waals surface area contributed by atoms with Gasteiger partial charge in [-0.05, 0) is 60.3 Å². The Balaban J connectivity index is 2.17. The predicted molar refractivity (Wildman–Crippen MR) is 92.7 cm³/mol. The van der Waals surface area contributed by atoms with Crippen molar-refractivity contribution < 1.29 is 4.74 Å². The molecule has 0 bridgehead atoms. The van der Waals surface area contributed by atoms with Crippen molar-refractivity contribution >= 4 is 15.9 Å². The summed E-state index contributed by atoms with van der Waals surface area (Å²) in [6.07, 6.45) is 4.74. The van der Waals surface area contributed by atoms with Gasteiger partial charge in [0, 0.05) is 10.5 Å². The van der Waals surface area contributed by atoms with E-state index in [2.05, 4.69) is 48.8 Å². The van der Waals surface area contributed by atoms with Crippen LogP contribution in [0.2, 0.25) is 0 Å². The van der Waals surface area contributed by atoms with Crippen LogP contribution in [0.15, 0.2) is 22.7 Å². The molecule has 3 heteroatoms. The minimum absolute atomic E-state index is 0.203. The van der Waals surface area contributed by atoms with Crippen molar-refractivity contribution in [3.05, 3.63) is 28.2 Å². The molecule has 2 rings (SSSR count). The zero-order chi connectivity index (χ0) is 15.6. The highest BCUT2D eigenvalue weighted by Crippen LogP contribution is 2.42. The molecule has 0 spiro atoms. The lowest BCUT2D eigenvalue weighted by molar-refractivity contribution is 0.113. The number of hydrogen-bond donors (Lipinski definition) is 1. The van der Waals surface area contributed by atoms with Crippen LogP contribution in [0.25, 0.3) is 0 Å². The summed E-state index contributed by atoms with van der Waals surface area (Å²) in [5.41, 5.74) is 7.98. The molecule has 0 aliphatic heterocycles. The number of methoxy groups -OCH3 is 1. The van der Waals surface area contributed by atoms with Crippen LogP contribution in [-0.2, 0) is 6.42 Å². The van der Waals surface area contributed by atoms with Crippen molar-refractivity contribution in [2.75, 3.05) is 7.11 Å². The van der Waals surface area contributed by atoms with Crippen LogP contribution in [0.1, 0.15) is 45.6 Å². The topological polar surface area (TPSA) is 35.2 Å². The Bertz CT molecular complexity index is 486. The standard InChI is InChI=1S/C18H28BrNO/c1-12-5-7-15(17(20)9-12)18(2,3)11-13-10-14(21-4)6-8-16(13)19/h6,8,10,12,15,17H,5,7,9,11,20H2,1-4H3. The fourth-order valence-electron chi connectivity index (χ4n) is 3.83. The lowest BCUT2D eigenvalue weighted by Crippen LogP contribution is -2.44. The Morgan fingerprint density at radius 1 is 1.33 bits per heavy atom. The van der Waals surface area contributed by atoms with E-state index in [1.54, 1.807) is 7.11 Å². The maximum absolute atomic E-state index is 6.47. The highest BCUT2D eigenvalue weighted by Gasteiger charge is 2.37. The summed E-state index contributed by atoms with van der Waals surface area (Å²) in [6.45, 7) is 7.04. The molecule has 0 heterocycles. The van der Waals surface area contributed by atoms with Crippen LogP contribution in [0.4, 0.5) is 0 Å². The van der Waals surface area contributed by atoms with Gasteiger partial charge in [0.25, 0.3) is 0 Å². The molecule has 21 heavy (non-hydrogen) atoms. The second-order valence-corrected chi connectivity index (χ2v) is 8.17. The number of nitrogens with two attached hydrogens (primary N) is 1. The highest BCUT2D eigenvalue weighted by molar-refractivity contribution is 9.10. The molecule has 1 aliphatic carbocycles. The molecule has 1 aliphatic rings. The summed E-state index contributed by atoms with van der Waals surface area (Å²) in [6, 6.07) is 6.54. The summed E-state index contributed by atoms with van der Waals surface area (Å²) in [7, 11) is 1.72. The minimum Gasteiger partial charge on any atom is -0.497 e. The average Bonchev–Trinajstić information content (AvgIpc) is 2.40. The van der Waals surface area contributed by atoms with Crippen LogP contribution in [0.5, 0.6) is 5.75 Å². The van der Waals surface area contributed by atoms with Crippen molar-refractivity contribution in [2.45, 2.75) is 52.5 Å². The highest BCUT2D eigenvalue weighted by atomic mass is 79.9. The molecule has 1 aromatic rings. The number of hydrogen-bond acceptors (Lipinski definition) is 2. The first kappa shape index (κ1) is 16.8. The maximum Gasteiger partial charge on any atom is 0.119 e. The molecule has 3 unspecified atom stereocenters. The molecule has 1 fully saturated rings. The van der Waals surface area contributed by atoms with Crippen LogP contribution >= 0.6 is 15.9 Å². The van der Waals surface area contributed by atoms with E-state index in [1.807, 2.05) is 6.07 Å². The van der Waals surface area contributed by atoms with Gasteiger partial charge in [0.2, 0.25) is 0 Å². The fraction of sp³-hybridized carbons (Fsp3) is 0.667. The normalized spacial score (nSPS) is 26.7. The number of ether oxygens (including phenoxy) is 1. The lowest BCUT2D eigenvalue weighted by atomic mass is 9.64. The van der Waals surface area contributed by atoms with Crippen molar-refractivity contribution in [1.29, 1.82) is 0 Å². The minimum atomic E-state index is 0.203. The third-order valence-corrected chi connectivity index (χ3v) is 5.84. The molecule has 1 saturated carbocycles. The van der Waals surface area contributed by atoms with Gasteiger partial charge >= 0.3 is 0 Å². The molecular formula is C18H28BrNO. The number of benzene rings is 1. The van der Waals surface area contributed by atoms with E-state index in [1.165, 1.54) is 18.4 Å². The summed E-state index contributed by atoms with van der Waals surface area (Å²) in [5, 5.41) is 0. The molecular weight excluding hydrogens is 326 g/mol. The first-order chi connectivity index (χ1) is 9.83. The van der Waals surface area contributed by atoms with Gasteiger partial charge in [-0.1, -0.05) is 43.1 Å². The molecule has 0 amide bonds. The second-order valence-electron chi connectivity index (χ2n) is 7.31. The molecule has 118 valence electrons. The van der Waals surface area contributed by atoms with Gasteiger partial charge < -0.3 is 10.5 Å². The molecule has 3 atom stereocenters. The van der Waals surface area contributed by atoms with Crippen LogP contribution in [0, 0.1) is 17.3 Å². The number of rotatable bonds is 4. The lowest BCUT2D eigenvalue weighted by Gasteiger charge is -2.43. The Morgan fingerprint density at radius 2 is 2.05 bits per heavy atom. The van der Waals surface area contributed by atoms with Gasteiger partial charge in [-0.3, -0.25) is 0 Å². The van der Waals surface area contributed by atoms with Crippen molar-refractivity contribution in [3.63, 3.8) is 0 Å².